The maximum absolute atomic E-state index is 10.8. The van der Waals surface area contributed by atoms with Crippen molar-refractivity contribution in [2.45, 2.75) is 26.4 Å². The Labute approximate surface area is 156 Å². The molecule has 2 unspecified atom stereocenters. The van der Waals surface area contributed by atoms with Crippen molar-refractivity contribution in [1.29, 1.82) is 0 Å². The van der Waals surface area contributed by atoms with E-state index in [0.29, 0.717) is 5.76 Å². The van der Waals surface area contributed by atoms with E-state index in [1.807, 2.05) is 38.1 Å². The molecule has 22 heavy (non-hydrogen) atoms. The summed E-state index contributed by atoms with van der Waals surface area (Å²) in [6, 6.07) is 3.66. The van der Waals surface area contributed by atoms with Gasteiger partial charge in [0.1, 0.15) is 11.5 Å². The predicted molar refractivity (Wildman–Crippen MR) is 101 cm³/mol. The van der Waals surface area contributed by atoms with Gasteiger partial charge in [-0.1, -0.05) is 13.0 Å². The number of ether oxygens (including phenoxy) is 1. The Balaban J connectivity index is 2.27. The first-order chi connectivity index (χ1) is 10.3. The number of hydrogen-bond donors (Lipinski definition) is 2. The third-order valence-electron chi connectivity index (χ3n) is 3.35. The highest BCUT2D eigenvalue weighted by atomic mass is 127. The van der Waals surface area contributed by atoms with Crippen LogP contribution in [0.25, 0.3) is 0 Å². The lowest BCUT2D eigenvalue weighted by Gasteiger charge is -2.22. The zero-order valence-electron chi connectivity index (χ0n) is 12.1. The van der Waals surface area contributed by atoms with Crippen LogP contribution in [-0.4, -0.2) is 22.3 Å². The highest BCUT2D eigenvalue weighted by Gasteiger charge is 2.22. The van der Waals surface area contributed by atoms with E-state index in [9.17, 15) is 9.90 Å². The molecule has 0 amide bonds. The zero-order chi connectivity index (χ0) is 16.4. The van der Waals surface area contributed by atoms with Gasteiger partial charge in [-0.3, -0.25) is 4.79 Å². The van der Waals surface area contributed by atoms with Crippen molar-refractivity contribution in [3.8, 4) is 5.75 Å². The highest BCUT2D eigenvalue weighted by molar-refractivity contribution is 14.1. The summed E-state index contributed by atoms with van der Waals surface area (Å²) >= 11 is 4.27. The maximum atomic E-state index is 10.8. The first-order valence-corrected chi connectivity index (χ1v) is 8.89. The van der Waals surface area contributed by atoms with Crippen LogP contribution in [0.5, 0.6) is 5.75 Å². The Morgan fingerprint density at radius 3 is 2.59 bits per heavy atom. The first kappa shape index (κ1) is 17.7. The number of carboxylic acid groups (broad SMARTS) is 1. The average molecular weight is 526 g/mol. The van der Waals surface area contributed by atoms with Gasteiger partial charge in [0.2, 0.25) is 0 Å². The van der Waals surface area contributed by atoms with Crippen LogP contribution in [0.4, 0.5) is 0 Å². The minimum Gasteiger partial charge on any atom is -0.481 e. The summed E-state index contributed by atoms with van der Waals surface area (Å²) in [7, 11) is 0. The smallest absolute Gasteiger partial charge is 0.307 e. The SMILES string of the molecule is Cc1cc(CC(=O)O)cc(I)c1OC1=CC(C)C(O)C(I)=C1. The Morgan fingerprint density at radius 2 is 2.05 bits per heavy atom. The first-order valence-electron chi connectivity index (χ1n) is 6.73. The van der Waals surface area contributed by atoms with Gasteiger partial charge in [0, 0.05) is 9.50 Å². The van der Waals surface area contributed by atoms with Crippen LogP contribution in [0.2, 0.25) is 0 Å². The number of benzene rings is 1. The summed E-state index contributed by atoms with van der Waals surface area (Å²) in [6.45, 7) is 3.84. The number of halogens is 2. The van der Waals surface area contributed by atoms with E-state index in [0.717, 1.165) is 24.0 Å². The van der Waals surface area contributed by atoms with Gasteiger partial charge in [0.05, 0.1) is 16.1 Å². The molecule has 0 saturated heterocycles. The molecular weight excluding hydrogens is 510 g/mol. The van der Waals surface area contributed by atoms with Gasteiger partial charge in [-0.05, 0) is 81.5 Å². The fourth-order valence-electron chi connectivity index (χ4n) is 2.26. The van der Waals surface area contributed by atoms with Crippen LogP contribution in [0.15, 0.2) is 33.6 Å². The molecule has 0 heterocycles. The van der Waals surface area contributed by atoms with Crippen molar-refractivity contribution in [2.24, 2.45) is 5.92 Å². The van der Waals surface area contributed by atoms with E-state index >= 15 is 0 Å². The van der Waals surface area contributed by atoms with Crippen molar-refractivity contribution < 1.29 is 19.7 Å². The summed E-state index contributed by atoms with van der Waals surface area (Å²) in [6.07, 6.45) is 3.24. The molecule has 0 saturated carbocycles. The average Bonchev–Trinajstić information content (AvgIpc) is 2.39. The standard InChI is InChI=1S/C16H16I2O4/c1-8-4-11(7-12(17)15(8)21)22-16-9(2)3-10(5-13(16)18)6-14(19)20/h3-5,7-8,15,21H,6H2,1-2H3,(H,19,20). The number of carboxylic acids is 1. The Bertz CT molecular complexity index is 641. The molecule has 0 spiro atoms. The van der Waals surface area contributed by atoms with Crippen LogP contribution < -0.4 is 4.74 Å². The van der Waals surface area contributed by atoms with Gasteiger partial charge >= 0.3 is 5.97 Å². The fraction of sp³-hybridized carbons (Fsp3) is 0.312. The minimum absolute atomic E-state index is 0.000839. The van der Waals surface area contributed by atoms with Gasteiger partial charge < -0.3 is 14.9 Å². The summed E-state index contributed by atoms with van der Waals surface area (Å²) in [5, 5.41) is 18.8. The number of rotatable bonds is 4. The van der Waals surface area contributed by atoms with Gasteiger partial charge in [-0.2, -0.15) is 0 Å². The van der Waals surface area contributed by atoms with Gasteiger partial charge in [-0.25, -0.2) is 0 Å². The molecule has 4 nitrogen and oxygen atoms in total. The molecule has 1 aromatic carbocycles. The number of aryl methyl sites for hydroxylation is 1. The lowest BCUT2D eigenvalue weighted by atomic mass is 9.99. The molecular formula is C16H16I2O4. The number of allylic oxidation sites excluding steroid dienone is 1. The normalized spacial score (nSPS) is 21.1. The molecule has 2 atom stereocenters. The predicted octanol–water partition coefficient (Wildman–Crippen LogP) is 3.82. The summed E-state index contributed by atoms with van der Waals surface area (Å²) in [5.74, 6) is 0.578. The molecule has 6 heteroatoms. The summed E-state index contributed by atoms with van der Waals surface area (Å²) in [4.78, 5) is 10.8. The number of carbonyl (C=O) groups is 1. The molecule has 1 aliphatic rings. The molecule has 1 aromatic rings. The third kappa shape index (κ3) is 4.23. The second-order valence-corrected chi connectivity index (χ2v) is 7.71. The summed E-state index contributed by atoms with van der Waals surface area (Å²) < 4.78 is 7.70. The van der Waals surface area contributed by atoms with E-state index in [4.69, 9.17) is 9.84 Å². The second kappa shape index (κ2) is 7.31. The van der Waals surface area contributed by atoms with E-state index in [1.54, 1.807) is 0 Å². The monoisotopic (exact) mass is 526 g/mol. The number of aliphatic carboxylic acids is 1. The molecule has 0 radical (unpaired) electrons. The van der Waals surface area contributed by atoms with Crippen LogP contribution in [-0.2, 0) is 11.2 Å². The van der Waals surface area contributed by atoms with E-state index in [1.165, 1.54) is 0 Å². The van der Waals surface area contributed by atoms with Crippen molar-refractivity contribution in [1.82, 2.24) is 0 Å². The largest absolute Gasteiger partial charge is 0.481 e. The van der Waals surface area contributed by atoms with Crippen molar-refractivity contribution in [3.63, 3.8) is 0 Å². The van der Waals surface area contributed by atoms with Gasteiger partial charge in [0.15, 0.2) is 0 Å². The topological polar surface area (TPSA) is 66.8 Å². The lowest BCUT2D eigenvalue weighted by Crippen LogP contribution is -2.20. The molecule has 1 aliphatic carbocycles. The van der Waals surface area contributed by atoms with Crippen LogP contribution >= 0.6 is 45.2 Å². The highest BCUT2D eigenvalue weighted by Crippen LogP contribution is 2.33. The molecule has 0 bridgehead atoms. The van der Waals surface area contributed by atoms with Crippen molar-refractivity contribution in [3.05, 3.63) is 48.3 Å². The minimum atomic E-state index is -0.848. The molecule has 2 N–H and O–H groups in total. The van der Waals surface area contributed by atoms with Crippen molar-refractivity contribution >= 4 is 51.2 Å². The molecule has 2 rings (SSSR count). The Kier molecular flexibility index (Phi) is 5.89. The zero-order valence-corrected chi connectivity index (χ0v) is 16.5. The molecule has 0 fully saturated rings. The van der Waals surface area contributed by atoms with Crippen LogP contribution in [0.3, 0.4) is 0 Å². The maximum Gasteiger partial charge on any atom is 0.307 e. The number of hydrogen-bond acceptors (Lipinski definition) is 3. The molecule has 0 aliphatic heterocycles. The quantitative estimate of drug-likeness (QED) is 0.587. The van der Waals surface area contributed by atoms with E-state index in [-0.39, 0.29) is 12.3 Å². The molecule has 118 valence electrons. The van der Waals surface area contributed by atoms with Gasteiger partial charge in [-0.15, -0.1) is 0 Å². The Hall–Kier alpha value is -0.610. The number of aliphatic hydroxyl groups excluding tert-OH is 1. The third-order valence-corrected chi connectivity index (χ3v) is 5.10. The number of aliphatic hydroxyl groups is 1. The fourth-order valence-corrected chi connectivity index (χ4v) is 4.07. The van der Waals surface area contributed by atoms with E-state index < -0.39 is 12.1 Å². The van der Waals surface area contributed by atoms with Crippen LogP contribution in [0, 0.1) is 16.4 Å². The second-order valence-electron chi connectivity index (χ2n) is 5.30. The summed E-state index contributed by atoms with van der Waals surface area (Å²) in [5.41, 5.74) is 1.65. The van der Waals surface area contributed by atoms with Gasteiger partial charge in [0.25, 0.3) is 0 Å². The van der Waals surface area contributed by atoms with E-state index in [2.05, 4.69) is 45.2 Å². The van der Waals surface area contributed by atoms with Crippen molar-refractivity contribution in [2.75, 3.05) is 0 Å². The molecule has 0 aromatic heterocycles. The lowest BCUT2D eigenvalue weighted by molar-refractivity contribution is -0.136. The van der Waals surface area contributed by atoms with Crippen LogP contribution in [0.1, 0.15) is 18.1 Å². The Morgan fingerprint density at radius 1 is 1.36 bits per heavy atom.